The highest BCUT2D eigenvalue weighted by Gasteiger charge is 2.16. The fourth-order valence-corrected chi connectivity index (χ4v) is 4.03. The van der Waals surface area contributed by atoms with Gasteiger partial charge < -0.3 is 11.1 Å². The number of nitrogens with zero attached hydrogens (tertiary/aromatic N) is 3. The first-order valence-electron chi connectivity index (χ1n) is 10.1. The van der Waals surface area contributed by atoms with Gasteiger partial charge in [0, 0.05) is 40.8 Å². The number of hydrogen-bond donors (Lipinski definition) is 2. The molecule has 1 amide bonds. The third-order valence-electron chi connectivity index (χ3n) is 5.45. The minimum atomic E-state index is -0.546. The normalized spacial score (nSPS) is 12.4. The molecule has 0 aliphatic heterocycles. The number of aromatic nitrogens is 3. The van der Waals surface area contributed by atoms with Gasteiger partial charge in [0.2, 0.25) is 5.91 Å². The van der Waals surface area contributed by atoms with Crippen molar-refractivity contribution in [3.8, 4) is 0 Å². The molecule has 0 aliphatic rings. The van der Waals surface area contributed by atoms with E-state index in [0.717, 1.165) is 33.5 Å². The monoisotopic (exact) mass is 439 g/mol. The third-order valence-corrected chi connectivity index (χ3v) is 5.67. The van der Waals surface area contributed by atoms with E-state index in [1.54, 1.807) is 6.07 Å². The van der Waals surface area contributed by atoms with E-state index in [4.69, 9.17) is 22.3 Å². The second-order valence-electron chi connectivity index (χ2n) is 7.63. The Kier molecular flexibility index (Phi) is 5.89. The molecule has 0 bridgehead atoms. The van der Waals surface area contributed by atoms with Crippen LogP contribution in [0.5, 0.6) is 0 Å². The van der Waals surface area contributed by atoms with Crippen molar-refractivity contribution >= 4 is 34.1 Å². The number of carbonyl (C=O) groups is 1. The van der Waals surface area contributed by atoms with Crippen molar-refractivity contribution < 1.29 is 9.18 Å². The van der Waals surface area contributed by atoms with Gasteiger partial charge in [0.25, 0.3) is 0 Å². The summed E-state index contributed by atoms with van der Waals surface area (Å²) in [4.78, 5) is 17.1. The number of fused-ring (bicyclic) bond motifs is 3. The SMILES string of the molecule is Cc1nc2c3ccccc3nn2c(C)c1CCC(=O)NCC(N)c1cc(F)cc(Cl)c1. The van der Waals surface area contributed by atoms with Crippen molar-refractivity contribution in [2.24, 2.45) is 5.73 Å². The Bertz CT molecular complexity index is 1270. The van der Waals surface area contributed by atoms with Crippen LogP contribution in [-0.2, 0) is 11.2 Å². The van der Waals surface area contributed by atoms with Crippen molar-refractivity contribution in [1.82, 2.24) is 19.9 Å². The predicted molar refractivity (Wildman–Crippen MR) is 120 cm³/mol. The maximum atomic E-state index is 13.5. The molecule has 0 aliphatic carbocycles. The van der Waals surface area contributed by atoms with Gasteiger partial charge >= 0.3 is 0 Å². The summed E-state index contributed by atoms with van der Waals surface area (Å²) in [5.74, 6) is -0.591. The predicted octanol–water partition coefficient (Wildman–Crippen LogP) is 4.04. The molecule has 3 N–H and O–H groups in total. The highest BCUT2D eigenvalue weighted by atomic mass is 35.5. The molecule has 2 aromatic carbocycles. The zero-order valence-corrected chi connectivity index (χ0v) is 18.1. The third kappa shape index (κ3) is 4.38. The molecule has 0 radical (unpaired) electrons. The number of carbonyl (C=O) groups excluding carboxylic acids is 1. The van der Waals surface area contributed by atoms with E-state index in [1.807, 2.05) is 42.6 Å². The molecule has 8 heteroatoms. The summed E-state index contributed by atoms with van der Waals surface area (Å²) in [6.45, 7) is 4.13. The smallest absolute Gasteiger partial charge is 0.220 e. The first-order valence-corrected chi connectivity index (χ1v) is 10.4. The summed E-state index contributed by atoms with van der Waals surface area (Å²) in [5.41, 5.74) is 11.2. The second-order valence-corrected chi connectivity index (χ2v) is 8.06. The Morgan fingerprint density at radius 1 is 1.26 bits per heavy atom. The molecule has 0 saturated heterocycles. The highest BCUT2D eigenvalue weighted by Crippen LogP contribution is 2.23. The lowest BCUT2D eigenvalue weighted by molar-refractivity contribution is -0.121. The summed E-state index contributed by atoms with van der Waals surface area (Å²) in [6.07, 6.45) is 0.815. The molecular weight excluding hydrogens is 417 g/mol. The summed E-state index contributed by atoms with van der Waals surface area (Å²) in [6, 6.07) is 11.5. The highest BCUT2D eigenvalue weighted by molar-refractivity contribution is 6.30. The van der Waals surface area contributed by atoms with Crippen LogP contribution in [-0.4, -0.2) is 27.0 Å². The average molecular weight is 440 g/mol. The largest absolute Gasteiger partial charge is 0.354 e. The van der Waals surface area contributed by atoms with Crippen LogP contribution in [0.3, 0.4) is 0 Å². The van der Waals surface area contributed by atoms with Crippen LogP contribution in [0.15, 0.2) is 42.5 Å². The number of benzene rings is 2. The number of amides is 1. The Balaban J connectivity index is 1.43. The molecule has 160 valence electrons. The molecule has 6 nitrogen and oxygen atoms in total. The van der Waals surface area contributed by atoms with Crippen LogP contribution in [0.2, 0.25) is 5.02 Å². The number of hydrogen-bond acceptors (Lipinski definition) is 4. The maximum Gasteiger partial charge on any atom is 0.220 e. The second kappa shape index (κ2) is 8.61. The van der Waals surface area contributed by atoms with E-state index in [2.05, 4.69) is 10.4 Å². The number of halogens is 2. The Morgan fingerprint density at radius 3 is 2.81 bits per heavy atom. The van der Waals surface area contributed by atoms with Crippen molar-refractivity contribution in [3.63, 3.8) is 0 Å². The Hall–Kier alpha value is -3.03. The van der Waals surface area contributed by atoms with Gasteiger partial charge in [-0.25, -0.2) is 13.9 Å². The van der Waals surface area contributed by atoms with E-state index in [0.29, 0.717) is 12.0 Å². The quantitative estimate of drug-likeness (QED) is 0.474. The Labute approximate surface area is 184 Å². The van der Waals surface area contributed by atoms with Crippen LogP contribution in [0.1, 0.15) is 35.0 Å². The van der Waals surface area contributed by atoms with Crippen LogP contribution in [0.4, 0.5) is 4.39 Å². The van der Waals surface area contributed by atoms with E-state index >= 15 is 0 Å². The topological polar surface area (TPSA) is 85.3 Å². The molecule has 4 aromatic rings. The van der Waals surface area contributed by atoms with Crippen LogP contribution in [0, 0.1) is 19.7 Å². The molecule has 1 atom stereocenters. The van der Waals surface area contributed by atoms with Crippen molar-refractivity contribution in [2.75, 3.05) is 6.54 Å². The van der Waals surface area contributed by atoms with Gasteiger partial charge in [0.15, 0.2) is 5.65 Å². The van der Waals surface area contributed by atoms with Crippen molar-refractivity contribution in [1.29, 1.82) is 0 Å². The lowest BCUT2D eigenvalue weighted by Gasteiger charge is -2.15. The van der Waals surface area contributed by atoms with E-state index < -0.39 is 11.9 Å². The van der Waals surface area contributed by atoms with Gasteiger partial charge in [-0.2, -0.15) is 5.10 Å². The molecule has 0 saturated carbocycles. The summed E-state index contributed by atoms with van der Waals surface area (Å²) in [5, 5.41) is 8.74. The summed E-state index contributed by atoms with van der Waals surface area (Å²) in [7, 11) is 0. The Morgan fingerprint density at radius 2 is 2.03 bits per heavy atom. The van der Waals surface area contributed by atoms with Gasteiger partial charge in [0.1, 0.15) is 5.82 Å². The summed E-state index contributed by atoms with van der Waals surface area (Å²) < 4.78 is 15.4. The standard InChI is InChI=1S/C23H23ClFN5O/c1-13-18(14(2)30-23(28-13)19-5-3-4-6-21(19)29-30)7-8-22(31)27-12-20(26)15-9-16(24)11-17(25)10-15/h3-6,9-11,20H,7-8,12,26H2,1-2H3,(H,27,31). The fourth-order valence-electron chi connectivity index (χ4n) is 3.80. The lowest BCUT2D eigenvalue weighted by atomic mass is 10.1. The van der Waals surface area contributed by atoms with Gasteiger partial charge in [-0.3, -0.25) is 4.79 Å². The van der Waals surface area contributed by atoms with E-state index in [1.165, 1.54) is 12.1 Å². The molecule has 2 heterocycles. The van der Waals surface area contributed by atoms with Gasteiger partial charge in [-0.1, -0.05) is 23.7 Å². The van der Waals surface area contributed by atoms with Crippen molar-refractivity contribution in [3.05, 3.63) is 75.8 Å². The molecule has 0 spiro atoms. The van der Waals surface area contributed by atoms with Gasteiger partial charge in [-0.05, 0) is 61.7 Å². The first-order chi connectivity index (χ1) is 14.8. The molecule has 1 unspecified atom stereocenters. The zero-order valence-electron chi connectivity index (χ0n) is 17.3. The molecule has 4 rings (SSSR count). The average Bonchev–Trinajstić information content (AvgIpc) is 3.10. The van der Waals surface area contributed by atoms with Crippen LogP contribution < -0.4 is 11.1 Å². The minimum absolute atomic E-state index is 0.137. The number of nitrogens with two attached hydrogens (primary N) is 1. The van der Waals surface area contributed by atoms with E-state index in [-0.39, 0.29) is 23.9 Å². The number of aryl methyl sites for hydroxylation is 2. The molecule has 31 heavy (non-hydrogen) atoms. The van der Waals surface area contributed by atoms with E-state index in [9.17, 15) is 9.18 Å². The van der Waals surface area contributed by atoms with Gasteiger partial charge in [0.05, 0.1) is 5.52 Å². The van der Waals surface area contributed by atoms with Crippen LogP contribution >= 0.6 is 11.6 Å². The molecule has 0 fully saturated rings. The number of nitrogens with one attached hydrogen (secondary N) is 1. The van der Waals surface area contributed by atoms with Crippen LogP contribution in [0.25, 0.3) is 16.6 Å². The minimum Gasteiger partial charge on any atom is -0.354 e. The molecular formula is C23H23ClFN5O. The zero-order chi connectivity index (χ0) is 22.1. The number of rotatable bonds is 6. The maximum absolute atomic E-state index is 13.5. The fraction of sp³-hybridized carbons (Fsp3) is 0.261. The molecule has 2 aromatic heterocycles. The lowest BCUT2D eigenvalue weighted by Crippen LogP contribution is -2.32. The van der Waals surface area contributed by atoms with Crippen molar-refractivity contribution in [2.45, 2.75) is 32.7 Å². The summed E-state index contributed by atoms with van der Waals surface area (Å²) >= 11 is 5.88. The first kappa shape index (κ1) is 21.2. The van der Waals surface area contributed by atoms with Gasteiger partial charge in [-0.15, -0.1) is 0 Å².